The molecule has 100 valence electrons. The molecule has 1 aliphatic carbocycles. The Labute approximate surface area is 115 Å². The Morgan fingerprint density at radius 1 is 1.26 bits per heavy atom. The predicted octanol–water partition coefficient (Wildman–Crippen LogP) is 4.58. The van der Waals surface area contributed by atoms with Gasteiger partial charge in [-0.1, -0.05) is 36.8 Å². The smallest absolute Gasteiger partial charge is 0.112 e. The van der Waals surface area contributed by atoms with E-state index in [1.165, 1.54) is 30.4 Å². The van der Waals surface area contributed by atoms with Crippen LogP contribution in [0.25, 0.3) is 0 Å². The van der Waals surface area contributed by atoms with E-state index in [1.807, 2.05) is 24.5 Å². The monoisotopic (exact) mass is 255 g/mol. The van der Waals surface area contributed by atoms with Gasteiger partial charge < -0.3 is 4.74 Å². The van der Waals surface area contributed by atoms with Gasteiger partial charge in [0.2, 0.25) is 0 Å². The van der Waals surface area contributed by atoms with Crippen LogP contribution in [0.1, 0.15) is 44.1 Å². The highest BCUT2D eigenvalue weighted by molar-refractivity contribution is 5.14. The van der Waals surface area contributed by atoms with Crippen molar-refractivity contribution in [2.24, 2.45) is 5.92 Å². The summed E-state index contributed by atoms with van der Waals surface area (Å²) in [5.74, 6) is 0.559. The first-order chi connectivity index (χ1) is 9.40. The van der Waals surface area contributed by atoms with E-state index in [4.69, 9.17) is 10.00 Å². The molecule has 0 heterocycles. The number of benzene rings is 1. The molecule has 1 aromatic carbocycles. The molecule has 0 N–H and O–H groups in total. The van der Waals surface area contributed by atoms with Crippen molar-refractivity contribution in [1.29, 1.82) is 5.26 Å². The maximum atomic E-state index is 8.71. The highest BCUT2D eigenvalue weighted by Crippen LogP contribution is 2.32. The van der Waals surface area contributed by atoms with Gasteiger partial charge in [-0.25, -0.2) is 0 Å². The zero-order chi connectivity index (χ0) is 13.3. The van der Waals surface area contributed by atoms with E-state index in [-0.39, 0.29) is 0 Å². The van der Waals surface area contributed by atoms with Gasteiger partial charge in [-0.05, 0) is 42.7 Å². The van der Waals surface area contributed by atoms with Gasteiger partial charge in [0.05, 0.1) is 12.3 Å². The van der Waals surface area contributed by atoms with Crippen LogP contribution < -0.4 is 0 Å². The Bertz CT molecular complexity index is 444. The third-order valence-corrected chi connectivity index (χ3v) is 3.72. The van der Waals surface area contributed by atoms with Crippen molar-refractivity contribution in [2.75, 3.05) is 0 Å². The number of hydrogen-bond acceptors (Lipinski definition) is 2. The fourth-order valence-corrected chi connectivity index (χ4v) is 2.65. The lowest BCUT2D eigenvalue weighted by atomic mass is 9.82. The average Bonchev–Trinajstić information content (AvgIpc) is 2.47. The maximum Gasteiger partial charge on any atom is 0.112 e. The van der Waals surface area contributed by atoms with E-state index in [9.17, 15) is 0 Å². The minimum atomic E-state index is 0.559. The summed E-state index contributed by atoms with van der Waals surface area (Å²) in [5, 5.41) is 8.71. The van der Waals surface area contributed by atoms with E-state index in [0.29, 0.717) is 18.9 Å². The summed E-state index contributed by atoms with van der Waals surface area (Å²) in [7, 11) is 0. The topological polar surface area (TPSA) is 33.0 Å². The first kappa shape index (κ1) is 13.7. The number of nitrogens with zero attached hydrogens (tertiary/aromatic N) is 1. The summed E-state index contributed by atoms with van der Waals surface area (Å²) in [6, 6.07) is 12.5. The molecule has 0 aliphatic heterocycles. The number of hydrogen-bond donors (Lipinski definition) is 0. The molecule has 1 saturated carbocycles. The van der Waals surface area contributed by atoms with Gasteiger partial charge in [0.25, 0.3) is 0 Å². The summed E-state index contributed by atoms with van der Waals surface area (Å²) >= 11 is 0. The van der Waals surface area contributed by atoms with Crippen LogP contribution in [0.4, 0.5) is 0 Å². The van der Waals surface area contributed by atoms with Gasteiger partial charge in [-0.3, -0.25) is 0 Å². The second kappa shape index (κ2) is 7.63. The second-order valence-electron chi connectivity index (χ2n) is 5.13. The lowest BCUT2D eigenvalue weighted by molar-refractivity contribution is 0.225. The predicted molar refractivity (Wildman–Crippen MR) is 76.1 cm³/mol. The number of rotatable bonds is 5. The lowest BCUT2D eigenvalue weighted by Crippen LogP contribution is -2.10. The summed E-state index contributed by atoms with van der Waals surface area (Å²) in [5.41, 5.74) is 2.60. The van der Waals surface area contributed by atoms with Gasteiger partial charge in [-0.2, -0.15) is 5.26 Å². The fourth-order valence-electron chi connectivity index (χ4n) is 2.65. The second-order valence-corrected chi connectivity index (χ2v) is 5.13. The van der Waals surface area contributed by atoms with Crippen molar-refractivity contribution in [3.8, 4) is 6.07 Å². The molecule has 2 rings (SSSR count). The van der Waals surface area contributed by atoms with E-state index in [2.05, 4.69) is 18.2 Å². The van der Waals surface area contributed by atoms with E-state index < -0.39 is 0 Å². The highest BCUT2D eigenvalue weighted by atomic mass is 16.5. The highest BCUT2D eigenvalue weighted by Gasteiger charge is 2.18. The Kier molecular flexibility index (Phi) is 5.49. The molecule has 1 atom stereocenters. The molecule has 0 bridgehead atoms. The van der Waals surface area contributed by atoms with Gasteiger partial charge in [0.1, 0.15) is 6.61 Å². The van der Waals surface area contributed by atoms with E-state index in [0.717, 1.165) is 12.8 Å². The minimum Gasteiger partial charge on any atom is -0.497 e. The fraction of sp³-hybridized carbons (Fsp3) is 0.471. The standard InChI is InChI=1S/C17H21NO/c18-12-6-11-16-9-4-5-10-17(16)14-19-13-15-7-2-1-3-8-15/h1-3,7-8,14,16H,4-6,9-11,13H2. The van der Waals surface area contributed by atoms with Crippen LogP contribution in [0.2, 0.25) is 0 Å². The molecule has 2 heteroatoms. The van der Waals surface area contributed by atoms with Gasteiger partial charge in [0, 0.05) is 6.42 Å². The molecule has 1 fully saturated rings. The molecule has 0 aromatic heterocycles. The third kappa shape index (κ3) is 4.44. The lowest BCUT2D eigenvalue weighted by Gasteiger charge is -2.24. The van der Waals surface area contributed by atoms with Crippen LogP contribution in [0, 0.1) is 17.2 Å². The molecule has 19 heavy (non-hydrogen) atoms. The quantitative estimate of drug-likeness (QED) is 0.721. The average molecular weight is 255 g/mol. The van der Waals surface area contributed by atoms with Gasteiger partial charge >= 0.3 is 0 Å². The Balaban J connectivity index is 1.87. The van der Waals surface area contributed by atoms with E-state index in [1.54, 1.807) is 0 Å². The Morgan fingerprint density at radius 2 is 2.11 bits per heavy atom. The summed E-state index contributed by atoms with van der Waals surface area (Å²) in [4.78, 5) is 0. The Morgan fingerprint density at radius 3 is 2.89 bits per heavy atom. The molecule has 2 nitrogen and oxygen atoms in total. The minimum absolute atomic E-state index is 0.559. The van der Waals surface area contributed by atoms with Crippen LogP contribution in [0.15, 0.2) is 42.2 Å². The molecular formula is C17H21NO. The molecule has 1 aliphatic rings. The molecular weight excluding hydrogens is 234 g/mol. The van der Waals surface area contributed by atoms with Gasteiger partial charge in [-0.15, -0.1) is 0 Å². The molecule has 0 amide bonds. The van der Waals surface area contributed by atoms with Crippen molar-refractivity contribution in [3.63, 3.8) is 0 Å². The summed E-state index contributed by atoms with van der Waals surface area (Å²) in [6.07, 6.45) is 8.47. The molecule has 1 unspecified atom stereocenters. The molecule has 0 spiro atoms. The number of allylic oxidation sites excluding steroid dienone is 1. The maximum absolute atomic E-state index is 8.71. The molecule has 0 radical (unpaired) electrons. The third-order valence-electron chi connectivity index (χ3n) is 3.72. The van der Waals surface area contributed by atoms with E-state index >= 15 is 0 Å². The largest absolute Gasteiger partial charge is 0.497 e. The zero-order valence-corrected chi connectivity index (χ0v) is 11.3. The zero-order valence-electron chi connectivity index (χ0n) is 11.3. The summed E-state index contributed by atoms with van der Waals surface area (Å²) < 4.78 is 5.72. The van der Waals surface area contributed by atoms with Crippen LogP contribution in [0.3, 0.4) is 0 Å². The SMILES string of the molecule is N#CCCC1CCCCC1=COCc1ccccc1. The van der Waals surface area contributed by atoms with Crippen molar-refractivity contribution in [3.05, 3.63) is 47.7 Å². The number of ether oxygens (including phenoxy) is 1. The Hall–Kier alpha value is -1.75. The van der Waals surface area contributed by atoms with Crippen molar-refractivity contribution in [2.45, 2.75) is 45.1 Å². The van der Waals surface area contributed by atoms with Crippen molar-refractivity contribution in [1.82, 2.24) is 0 Å². The van der Waals surface area contributed by atoms with Crippen molar-refractivity contribution >= 4 is 0 Å². The van der Waals surface area contributed by atoms with Crippen LogP contribution in [-0.4, -0.2) is 0 Å². The van der Waals surface area contributed by atoms with Crippen LogP contribution >= 0.6 is 0 Å². The first-order valence-electron chi connectivity index (χ1n) is 7.11. The van der Waals surface area contributed by atoms with Crippen molar-refractivity contribution < 1.29 is 4.74 Å². The van der Waals surface area contributed by atoms with Crippen LogP contribution in [0.5, 0.6) is 0 Å². The first-order valence-corrected chi connectivity index (χ1v) is 7.11. The number of nitriles is 1. The molecule has 0 saturated heterocycles. The summed E-state index contributed by atoms with van der Waals surface area (Å²) in [6.45, 7) is 0.634. The normalized spacial score (nSPS) is 21.0. The van der Waals surface area contributed by atoms with Gasteiger partial charge in [0.15, 0.2) is 0 Å². The molecule has 1 aromatic rings. The van der Waals surface area contributed by atoms with Crippen LogP contribution in [-0.2, 0) is 11.3 Å².